The van der Waals surface area contributed by atoms with Crippen molar-refractivity contribution in [2.24, 2.45) is 11.1 Å². The molecule has 152 valence electrons. The number of fused-ring (bicyclic) bond motifs is 4. The predicted molar refractivity (Wildman–Crippen MR) is 88.8 cm³/mol. The highest BCUT2D eigenvalue weighted by Crippen LogP contribution is 2.32. The summed E-state index contributed by atoms with van der Waals surface area (Å²) >= 11 is 0. The monoisotopic (exact) mass is 405 g/mol. The summed E-state index contributed by atoms with van der Waals surface area (Å²) in [5, 5.41) is 0.725. The summed E-state index contributed by atoms with van der Waals surface area (Å²) in [6.45, 7) is 1.68. The summed E-state index contributed by atoms with van der Waals surface area (Å²) in [7, 11) is -4.60. The van der Waals surface area contributed by atoms with Crippen molar-refractivity contribution in [3.05, 3.63) is 0 Å². The molecule has 4 aliphatic rings. The van der Waals surface area contributed by atoms with Crippen molar-refractivity contribution >= 4 is 28.3 Å². The lowest BCUT2D eigenvalue weighted by molar-refractivity contribution is -0.163. The third kappa shape index (κ3) is 4.01. The van der Waals surface area contributed by atoms with E-state index in [0.29, 0.717) is 45.3 Å². The highest BCUT2D eigenvalue weighted by Gasteiger charge is 2.46. The quantitative estimate of drug-likeness (QED) is 0.591. The number of carbonyl (C=O) groups is 3. The summed E-state index contributed by atoms with van der Waals surface area (Å²) in [5.41, 5.74) is 4.23. The van der Waals surface area contributed by atoms with Gasteiger partial charge in [0, 0.05) is 6.54 Å². The lowest BCUT2D eigenvalue weighted by atomic mass is 9.85. The van der Waals surface area contributed by atoms with Gasteiger partial charge in [0.05, 0.1) is 24.7 Å². The van der Waals surface area contributed by atoms with Crippen LogP contribution in [0.2, 0.25) is 0 Å². The number of amides is 3. The Labute approximate surface area is 157 Å². The number of carbonyl (C=O) groups excluding carboxylic acids is 3. The Bertz CT molecular complexity index is 741. The number of cyclic esters (lactones) is 1. The molecule has 1 unspecified atom stereocenters. The number of esters is 1. The zero-order valence-electron chi connectivity index (χ0n) is 15.0. The summed E-state index contributed by atoms with van der Waals surface area (Å²) in [5.74, 6) is -1.18. The molecule has 4 heterocycles. The van der Waals surface area contributed by atoms with Gasteiger partial charge in [-0.2, -0.15) is 13.5 Å². The molecule has 0 aromatic heterocycles. The highest BCUT2D eigenvalue weighted by atomic mass is 32.3. The van der Waals surface area contributed by atoms with Crippen molar-refractivity contribution in [3.63, 3.8) is 0 Å². The molecule has 4 rings (SSSR count). The molecule has 0 aliphatic carbocycles. The van der Waals surface area contributed by atoms with Crippen LogP contribution in [0.25, 0.3) is 0 Å². The first-order valence-electron chi connectivity index (χ1n) is 8.78. The third-order valence-electron chi connectivity index (χ3n) is 5.24. The van der Waals surface area contributed by atoms with E-state index in [1.54, 1.807) is 6.92 Å². The lowest BCUT2D eigenvalue weighted by Crippen LogP contribution is -2.56. The molecule has 0 aromatic rings. The number of hydroxylamine groups is 2. The predicted octanol–water partition coefficient (Wildman–Crippen LogP) is -0.333. The number of urea groups is 1. The van der Waals surface area contributed by atoms with Crippen LogP contribution in [0.3, 0.4) is 0 Å². The number of hydrogen-bond acceptors (Lipinski definition) is 8. The van der Waals surface area contributed by atoms with Gasteiger partial charge in [-0.3, -0.25) is 9.59 Å². The van der Waals surface area contributed by atoms with Crippen molar-refractivity contribution in [2.45, 2.75) is 51.1 Å². The van der Waals surface area contributed by atoms with E-state index in [0.717, 1.165) is 5.06 Å². The standard InChI is InChI=1S/C15H23N3O8S/c1-15(6-2-8-24-13(15)20)9-25-27(22,23)26-18-10-3-4-11(12(16)19)17(7-5-10)14(18)21/h10-11H,2-9H2,1H3,(H2,16,19)/t10-,11+,15?/m1/s1. The Kier molecular flexibility index (Phi) is 5.32. The largest absolute Gasteiger partial charge is 0.465 e. The van der Waals surface area contributed by atoms with E-state index in [1.165, 1.54) is 4.90 Å². The van der Waals surface area contributed by atoms with Gasteiger partial charge >= 0.3 is 22.4 Å². The highest BCUT2D eigenvalue weighted by molar-refractivity contribution is 7.81. The fraction of sp³-hybridized carbons (Fsp3) is 0.800. The van der Waals surface area contributed by atoms with E-state index in [9.17, 15) is 22.8 Å². The van der Waals surface area contributed by atoms with Crippen LogP contribution in [0.4, 0.5) is 4.79 Å². The van der Waals surface area contributed by atoms with E-state index in [1.807, 2.05) is 0 Å². The molecule has 11 nitrogen and oxygen atoms in total. The van der Waals surface area contributed by atoms with Crippen molar-refractivity contribution in [1.29, 1.82) is 0 Å². The molecule has 2 bridgehead atoms. The molecule has 0 saturated carbocycles. The second kappa shape index (κ2) is 7.24. The van der Waals surface area contributed by atoms with Crippen molar-refractivity contribution in [2.75, 3.05) is 19.8 Å². The summed E-state index contributed by atoms with van der Waals surface area (Å²) in [4.78, 5) is 37.2. The van der Waals surface area contributed by atoms with Gasteiger partial charge in [-0.15, -0.1) is 4.28 Å². The van der Waals surface area contributed by atoms with E-state index in [-0.39, 0.29) is 0 Å². The first-order valence-corrected chi connectivity index (χ1v) is 10.1. The van der Waals surface area contributed by atoms with Crippen molar-refractivity contribution in [1.82, 2.24) is 9.96 Å². The fourth-order valence-corrected chi connectivity index (χ4v) is 4.42. The zero-order chi connectivity index (χ0) is 19.8. The van der Waals surface area contributed by atoms with Crippen molar-refractivity contribution in [3.8, 4) is 0 Å². The van der Waals surface area contributed by atoms with Gasteiger partial charge in [0.2, 0.25) is 5.91 Å². The van der Waals surface area contributed by atoms with Crippen LogP contribution in [0, 0.1) is 5.41 Å². The minimum Gasteiger partial charge on any atom is -0.465 e. The summed E-state index contributed by atoms with van der Waals surface area (Å²) in [6.07, 6.45) is 2.16. The average Bonchev–Trinajstić information content (AvgIpc) is 2.89. The molecule has 0 aromatic carbocycles. The summed E-state index contributed by atoms with van der Waals surface area (Å²) in [6, 6.07) is -2.05. The smallest absolute Gasteiger partial charge is 0.421 e. The minimum absolute atomic E-state index is 0.290. The maximum atomic E-state index is 12.5. The van der Waals surface area contributed by atoms with Gasteiger partial charge in [0.15, 0.2) is 0 Å². The van der Waals surface area contributed by atoms with Crippen LogP contribution in [0.5, 0.6) is 0 Å². The van der Waals surface area contributed by atoms with Crippen LogP contribution < -0.4 is 5.73 Å². The molecule has 4 aliphatic heterocycles. The number of nitrogens with zero attached hydrogens (tertiary/aromatic N) is 2. The molecule has 4 fully saturated rings. The lowest BCUT2D eigenvalue weighted by Gasteiger charge is -2.37. The molecule has 3 amide bonds. The van der Waals surface area contributed by atoms with E-state index < -0.39 is 52.4 Å². The van der Waals surface area contributed by atoms with Crippen molar-refractivity contribution < 1.29 is 36.0 Å². The number of hydrogen-bond donors (Lipinski definition) is 1. The molecular formula is C15H23N3O8S. The van der Waals surface area contributed by atoms with Gasteiger partial charge in [-0.1, -0.05) is 0 Å². The van der Waals surface area contributed by atoms with Crippen LogP contribution in [-0.4, -0.2) is 68.1 Å². The van der Waals surface area contributed by atoms with E-state index in [4.69, 9.17) is 18.9 Å². The second-order valence-corrected chi connectivity index (χ2v) is 8.49. The normalized spacial score (nSPS) is 31.6. The van der Waals surface area contributed by atoms with Gasteiger partial charge in [-0.05, 0) is 39.0 Å². The van der Waals surface area contributed by atoms with Gasteiger partial charge in [0.1, 0.15) is 6.04 Å². The Hall–Kier alpha value is -1.92. The first-order chi connectivity index (χ1) is 12.6. The molecule has 0 radical (unpaired) electrons. The molecule has 3 atom stereocenters. The van der Waals surface area contributed by atoms with E-state index >= 15 is 0 Å². The Morgan fingerprint density at radius 2 is 2.07 bits per heavy atom. The maximum absolute atomic E-state index is 12.5. The minimum atomic E-state index is -4.60. The molecule has 27 heavy (non-hydrogen) atoms. The number of primary amides is 1. The molecular weight excluding hydrogens is 382 g/mol. The SMILES string of the molecule is CC1(COS(=O)(=O)ON2C(=O)N3CC[C@H]2CC[C@H]3C(N)=O)CCCOC1=O. The fourth-order valence-electron chi connectivity index (χ4n) is 3.59. The second-order valence-electron chi connectivity index (χ2n) is 7.28. The molecule has 0 spiro atoms. The third-order valence-corrected chi connectivity index (χ3v) is 5.99. The van der Waals surface area contributed by atoms with Crippen LogP contribution in [0.1, 0.15) is 39.0 Å². The Morgan fingerprint density at radius 3 is 2.74 bits per heavy atom. The van der Waals surface area contributed by atoms with Crippen LogP contribution >= 0.6 is 0 Å². The van der Waals surface area contributed by atoms with Gasteiger partial charge in [0.25, 0.3) is 0 Å². The van der Waals surface area contributed by atoms with Crippen LogP contribution in [-0.2, 0) is 33.2 Å². The van der Waals surface area contributed by atoms with E-state index in [2.05, 4.69) is 0 Å². The molecule has 2 N–H and O–H groups in total. The molecule has 4 saturated heterocycles. The molecule has 12 heteroatoms. The topological polar surface area (TPSA) is 146 Å². The average molecular weight is 405 g/mol. The first kappa shape index (κ1) is 19.8. The van der Waals surface area contributed by atoms with Gasteiger partial charge < -0.3 is 15.4 Å². The van der Waals surface area contributed by atoms with Gasteiger partial charge in [-0.25, -0.2) is 8.98 Å². The Morgan fingerprint density at radius 1 is 1.33 bits per heavy atom. The number of ether oxygens (including phenoxy) is 1. The number of nitrogens with two attached hydrogens (primary N) is 1. The summed E-state index contributed by atoms with van der Waals surface area (Å²) < 4.78 is 39.2. The number of rotatable bonds is 6. The zero-order valence-corrected chi connectivity index (χ0v) is 15.8. The Balaban J connectivity index is 1.67. The maximum Gasteiger partial charge on any atom is 0.421 e. The van der Waals surface area contributed by atoms with Crippen LogP contribution in [0.15, 0.2) is 0 Å².